The lowest BCUT2D eigenvalue weighted by atomic mass is 9.98. The lowest BCUT2D eigenvalue weighted by Gasteiger charge is -2.34. The van der Waals surface area contributed by atoms with Gasteiger partial charge >= 0.3 is 0 Å². The van der Waals surface area contributed by atoms with E-state index in [4.69, 9.17) is 10.2 Å². The van der Waals surface area contributed by atoms with Crippen molar-refractivity contribution in [1.29, 1.82) is 0 Å². The van der Waals surface area contributed by atoms with Gasteiger partial charge in [-0.3, -0.25) is 4.99 Å². The van der Waals surface area contributed by atoms with Gasteiger partial charge in [0.25, 0.3) is 0 Å². The molecule has 2 N–H and O–H groups in total. The molecule has 0 saturated heterocycles. The normalized spacial score (nSPS) is 24.9. The Morgan fingerprint density at radius 2 is 2.38 bits per heavy atom. The minimum absolute atomic E-state index is 0.244. The van der Waals surface area contributed by atoms with Crippen molar-refractivity contribution in [3.63, 3.8) is 0 Å². The van der Waals surface area contributed by atoms with Crippen molar-refractivity contribution < 1.29 is 4.42 Å². The summed E-state index contributed by atoms with van der Waals surface area (Å²) in [6.07, 6.45) is 1.04. The van der Waals surface area contributed by atoms with Gasteiger partial charge in [0.15, 0.2) is 10.6 Å². The first-order chi connectivity index (χ1) is 7.58. The van der Waals surface area contributed by atoms with Crippen molar-refractivity contribution in [3.8, 4) is 0 Å². The highest BCUT2D eigenvalue weighted by molar-refractivity contribution is 9.10. The molecule has 0 saturated carbocycles. The molecular weight excluding hydrogens is 270 g/mol. The molecule has 1 aliphatic rings. The van der Waals surface area contributed by atoms with Crippen LogP contribution in [0.5, 0.6) is 0 Å². The zero-order valence-electron chi connectivity index (χ0n) is 9.53. The number of nitrogens with two attached hydrogens (primary N) is 1. The van der Waals surface area contributed by atoms with E-state index in [1.807, 2.05) is 12.1 Å². The maximum absolute atomic E-state index is 5.91. The molecule has 0 spiro atoms. The second kappa shape index (κ2) is 4.13. The average Bonchev–Trinajstić information content (AvgIpc) is 2.79. The molecule has 1 aromatic heterocycles. The third kappa shape index (κ3) is 1.73. The summed E-state index contributed by atoms with van der Waals surface area (Å²) < 4.78 is 6.38. The maximum Gasteiger partial charge on any atom is 0.192 e. The molecule has 1 aliphatic heterocycles. The lowest BCUT2D eigenvalue weighted by Crippen LogP contribution is -2.47. The van der Waals surface area contributed by atoms with E-state index in [0.717, 1.165) is 23.4 Å². The highest BCUT2D eigenvalue weighted by atomic mass is 79.9. The average molecular weight is 286 g/mol. The van der Waals surface area contributed by atoms with Gasteiger partial charge in [-0.05, 0) is 41.4 Å². The number of hydrogen-bond acceptors (Lipinski definition) is 4. The number of hydrogen-bond donors (Lipinski definition) is 1. The molecule has 2 rings (SSSR count). The molecule has 1 aromatic rings. The zero-order chi connectivity index (χ0) is 11.8. The summed E-state index contributed by atoms with van der Waals surface area (Å²) in [7, 11) is 0. The van der Waals surface area contributed by atoms with Gasteiger partial charge in [-0.25, -0.2) is 0 Å². The van der Waals surface area contributed by atoms with Gasteiger partial charge in [0.2, 0.25) is 0 Å². The fourth-order valence-electron chi connectivity index (χ4n) is 2.06. The Kier molecular flexibility index (Phi) is 2.97. The fraction of sp³-hybridized carbons (Fsp3) is 0.545. The van der Waals surface area contributed by atoms with Gasteiger partial charge in [0.1, 0.15) is 11.3 Å². The van der Waals surface area contributed by atoms with Crippen molar-refractivity contribution in [1.82, 2.24) is 4.90 Å². The zero-order valence-corrected chi connectivity index (χ0v) is 11.1. The van der Waals surface area contributed by atoms with Crippen molar-refractivity contribution in [3.05, 3.63) is 22.6 Å². The van der Waals surface area contributed by atoms with E-state index in [1.54, 1.807) is 0 Å². The molecule has 0 aliphatic carbocycles. The molecule has 0 radical (unpaired) electrons. The first kappa shape index (κ1) is 11.5. The predicted octanol–water partition coefficient (Wildman–Crippen LogP) is 2.30. The Morgan fingerprint density at radius 3 is 2.94 bits per heavy atom. The van der Waals surface area contributed by atoms with Crippen LogP contribution < -0.4 is 5.73 Å². The Bertz CT molecular complexity index is 415. The second-order valence-electron chi connectivity index (χ2n) is 4.20. The number of nitrogens with zero attached hydrogens (tertiary/aromatic N) is 2. The summed E-state index contributed by atoms with van der Waals surface area (Å²) in [6.45, 7) is 5.78. The summed E-state index contributed by atoms with van der Waals surface area (Å²) in [5.41, 5.74) is 5.66. The van der Waals surface area contributed by atoms with E-state index in [1.165, 1.54) is 0 Å². The molecule has 1 atom stereocenters. The molecular formula is C11H16BrN3O. The summed E-state index contributed by atoms with van der Waals surface area (Å²) in [4.78, 5) is 6.43. The molecule has 88 valence electrons. The van der Waals surface area contributed by atoms with Gasteiger partial charge in [0, 0.05) is 6.54 Å². The maximum atomic E-state index is 5.91. The highest BCUT2D eigenvalue weighted by Gasteiger charge is 2.41. The third-order valence-electron chi connectivity index (χ3n) is 2.97. The van der Waals surface area contributed by atoms with Crippen LogP contribution in [0.1, 0.15) is 26.0 Å². The molecule has 0 aromatic carbocycles. The molecule has 16 heavy (non-hydrogen) atoms. The van der Waals surface area contributed by atoms with Crippen LogP contribution in [0.3, 0.4) is 0 Å². The van der Waals surface area contributed by atoms with E-state index >= 15 is 0 Å². The van der Waals surface area contributed by atoms with Gasteiger partial charge in [-0.15, -0.1) is 0 Å². The molecule has 0 fully saturated rings. The minimum atomic E-state index is -0.244. The van der Waals surface area contributed by atoms with Crippen LogP contribution >= 0.6 is 15.9 Å². The number of guanidine groups is 1. The molecule has 0 bridgehead atoms. The number of halogens is 1. The first-order valence-electron chi connectivity index (χ1n) is 5.41. The van der Waals surface area contributed by atoms with Crippen LogP contribution in [-0.4, -0.2) is 23.9 Å². The molecule has 4 nitrogen and oxygen atoms in total. The molecule has 2 heterocycles. The monoisotopic (exact) mass is 285 g/mol. The molecule has 1 unspecified atom stereocenters. The summed E-state index contributed by atoms with van der Waals surface area (Å²) in [5, 5.41) is 0. The minimum Gasteiger partial charge on any atom is -0.452 e. The largest absolute Gasteiger partial charge is 0.452 e. The SMILES string of the molecule is CCCN1C(N)=NCC1(C)c1ccc(Br)o1. The van der Waals surface area contributed by atoms with Gasteiger partial charge in [0.05, 0.1) is 6.54 Å². The van der Waals surface area contributed by atoms with E-state index in [-0.39, 0.29) is 5.54 Å². The Labute approximate surface area is 104 Å². The lowest BCUT2D eigenvalue weighted by molar-refractivity contribution is 0.185. The van der Waals surface area contributed by atoms with E-state index in [9.17, 15) is 0 Å². The summed E-state index contributed by atoms with van der Waals surface area (Å²) in [6, 6.07) is 3.88. The number of rotatable bonds is 3. The van der Waals surface area contributed by atoms with E-state index in [0.29, 0.717) is 12.5 Å². The Hall–Kier alpha value is -0.970. The number of furan rings is 1. The van der Waals surface area contributed by atoms with Gasteiger partial charge < -0.3 is 15.1 Å². The van der Waals surface area contributed by atoms with Crippen LogP contribution in [0.2, 0.25) is 0 Å². The fourth-order valence-corrected chi connectivity index (χ4v) is 2.36. The third-order valence-corrected chi connectivity index (χ3v) is 3.40. The van der Waals surface area contributed by atoms with Crippen LogP contribution in [-0.2, 0) is 5.54 Å². The number of aliphatic imine (C=N–C) groups is 1. The smallest absolute Gasteiger partial charge is 0.192 e. The van der Waals surface area contributed by atoms with Crippen LogP contribution in [0.15, 0.2) is 26.2 Å². The van der Waals surface area contributed by atoms with E-state index in [2.05, 4.69) is 39.7 Å². The standard InChI is InChI=1S/C11H16BrN3O/c1-3-6-15-10(13)14-7-11(15,2)8-4-5-9(12)16-8/h4-5H,3,6-7H2,1-2H3,(H2,13,14). The molecule has 0 amide bonds. The van der Waals surface area contributed by atoms with Crippen molar-refractivity contribution in [2.24, 2.45) is 10.7 Å². The topological polar surface area (TPSA) is 54.8 Å². The second-order valence-corrected chi connectivity index (χ2v) is 4.99. The van der Waals surface area contributed by atoms with Crippen molar-refractivity contribution in [2.45, 2.75) is 25.8 Å². The van der Waals surface area contributed by atoms with Crippen molar-refractivity contribution >= 4 is 21.9 Å². The van der Waals surface area contributed by atoms with Crippen LogP contribution in [0.25, 0.3) is 0 Å². The molecule has 5 heteroatoms. The first-order valence-corrected chi connectivity index (χ1v) is 6.20. The van der Waals surface area contributed by atoms with Crippen molar-refractivity contribution in [2.75, 3.05) is 13.1 Å². The summed E-state index contributed by atoms with van der Waals surface area (Å²) in [5.74, 6) is 1.51. The van der Waals surface area contributed by atoms with Gasteiger partial charge in [-0.2, -0.15) is 0 Å². The Morgan fingerprint density at radius 1 is 1.62 bits per heavy atom. The van der Waals surface area contributed by atoms with Crippen LogP contribution in [0.4, 0.5) is 0 Å². The van der Waals surface area contributed by atoms with Crippen LogP contribution in [0, 0.1) is 0 Å². The van der Waals surface area contributed by atoms with Gasteiger partial charge in [-0.1, -0.05) is 6.92 Å². The van der Waals surface area contributed by atoms with E-state index < -0.39 is 0 Å². The summed E-state index contributed by atoms with van der Waals surface area (Å²) >= 11 is 3.32. The predicted molar refractivity (Wildman–Crippen MR) is 67.2 cm³/mol. The highest BCUT2D eigenvalue weighted by Crippen LogP contribution is 2.34. The Balaban J connectivity index is 2.31. The quantitative estimate of drug-likeness (QED) is 0.927.